The van der Waals surface area contributed by atoms with Crippen LogP contribution in [0.3, 0.4) is 0 Å². The van der Waals surface area contributed by atoms with Gasteiger partial charge in [0.1, 0.15) is 5.75 Å². The van der Waals surface area contributed by atoms with Crippen molar-refractivity contribution in [2.24, 2.45) is 0 Å². The molecule has 2 rings (SSSR count). The average Bonchev–Trinajstić information content (AvgIpc) is 2.57. The molecule has 132 valence electrons. The Morgan fingerprint density at radius 1 is 1.16 bits per heavy atom. The van der Waals surface area contributed by atoms with Gasteiger partial charge < -0.3 is 14.8 Å². The number of benzene rings is 2. The Balaban J connectivity index is 1.84. The maximum Gasteiger partial charge on any atom is 0.347 e. The van der Waals surface area contributed by atoms with E-state index in [2.05, 4.69) is 5.32 Å². The molecule has 0 unspecified atom stereocenters. The number of carbonyl (C=O) groups excluding carboxylic acids is 2. The average molecular weight is 382 g/mol. The first kappa shape index (κ1) is 19.1. The SMILES string of the molecule is Cc1cccc(O[C@H](C)C(=O)OCC(=O)Nc2cccc(Cl)c2Cl)c1. The van der Waals surface area contributed by atoms with Gasteiger partial charge in [0.05, 0.1) is 15.7 Å². The van der Waals surface area contributed by atoms with Gasteiger partial charge in [-0.1, -0.05) is 41.4 Å². The van der Waals surface area contributed by atoms with E-state index in [0.717, 1.165) is 5.56 Å². The summed E-state index contributed by atoms with van der Waals surface area (Å²) >= 11 is 11.8. The van der Waals surface area contributed by atoms with E-state index in [1.807, 2.05) is 19.1 Å². The molecule has 25 heavy (non-hydrogen) atoms. The predicted molar refractivity (Wildman–Crippen MR) is 97.3 cm³/mol. The maximum absolute atomic E-state index is 11.9. The second-order valence-corrected chi connectivity index (χ2v) is 6.12. The molecule has 1 atom stereocenters. The molecule has 5 nitrogen and oxygen atoms in total. The molecular weight excluding hydrogens is 365 g/mol. The summed E-state index contributed by atoms with van der Waals surface area (Å²) in [6.45, 7) is 3.01. The van der Waals surface area contributed by atoms with Gasteiger partial charge in [-0.25, -0.2) is 4.79 Å². The van der Waals surface area contributed by atoms with Crippen LogP contribution < -0.4 is 10.1 Å². The minimum absolute atomic E-state index is 0.222. The molecular formula is C18H17Cl2NO4. The molecule has 0 aliphatic heterocycles. The van der Waals surface area contributed by atoms with Crippen LogP contribution in [0.1, 0.15) is 12.5 Å². The minimum Gasteiger partial charge on any atom is -0.479 e. The molecule has 0 aliphatic rings. The lowest BCUT2D eigenvalue weighted by Gasteiger charge is -2.14. The van der Waals surface area contributed by atoms with E-state index in [1.165, 1.54) is 0 Å². The molecule has 1 amide bonds. The third-order valence-electron chi connectivity index (χ3n) is 3.21. The van der Waals surface area contributed by atoms with E-state index in [-0.39, 0.29) is 5.02 Å². The molecule has 0 saturated heterocycles. The number of ether oxygens (including phenoxy) is 2. The van der Waals surface area contributed by atoms with E-state index in [4.69, 9.17) is 32.7 Å². The van der Waals surface area contributed by atoms with Crippen LogP contribution in [0.2, 0.25) is 10.0 Å². The lowest BCUT2D eigenvalue weighted by atomic mass is 10.2. The summed E-state index contributed by atoms with van der Waals surface area (Å²) < 4.78 is 10.5. The quantitative estimate of drug-likeness (QED) is 0.759. The van der Waals surface area contributed by atoms with Crippen LogP contribution in [0.5, 0.6) is 5.75 Å². The van der Waals surface area contributed by atoms with Crippen molar-refractivity contribution in [3.05, 3.63) is 58.1 Å². The summed E-state index contributed by atoms with van der Waals surface area (Å²) in [5.41, 5.74) is 1.36. The van der Waals surface area contributed by atoms with Gasteiger partial charge in [0, 0.05) is 0 Å². The zero-order chi connectivity index (χ0) is 18.4. The Labute approximate surface area is 155 Å². The lowest BCUT2D eigenvalue weighted by Crippen LogP contribution is -2.29. The van der Waals surface area contributed by atoms with E-state index in [0.29, 0.717) is 16.5 Å². The number of nitrogens with one attached hydrogen (secondary N) is 1. The first-order valence-corrected chi connectivity index (χ1v) is 8.26. The molecule has 7 heteroatoms. The van der Waals surface area contributed by atoms with Gasteiger partial charge in [-0.05, 0) is 43.7 Å². The molecule has 0 fully saturated rings. The van der Waals surface area contributed by atoms with Gasteiger partial charge in [0.2, 0.25) is 0 Å². The fourth-order valence-electron chi connectivity index (χ4n) is 1.98. The van der Waals surface area contributed by atoms with E-state index in [1.54, 1.807) is 37.3 Å². The van der Waals surface area contributed by atoms with Gasteiger partial charge in [-0.2, -0.15) is 0 Å². The highest BCUT2D eigenvalue weighted by molar-refractivity contribution is 6.44. The number of hydrogen-bond donors (Lipinski definition) is 1. The molecule has 0 aliphatic carbocycles. The second-order valence-electron chi connectivity index (χ2n) is 5.33. The topological polar surface area (TPSA) is 64.6 Å². The third-order valence-corrected chi connectivity index (χ3v) is 4.02. The molecule has 0 saturated carbocycles. The van der Waals surface area contributed by atoms with Gasteiger partial charge >= 0.3 is 5.97 Å². The van der Waals surface area contributed by atoms with Gasteiger partial charge in [0.25, 0.3) is 5.91 Å². The summed E-state index contributed by atoms with van der Waals surface area (Å²) in [7, 11) is 0. The molecule has 0 heterocycles. The predicted octanol–water partition coefficient (Wildman–Crippen LogP) is 4.25. The number of hydrogen-bond acceptors (Lipinski definition) is 4. The molecule has 0 bridgehead atoms. The van der Waals surface area contributed by atoms with Crippen LogP contribution in [0.15, 0.2) is 42.5 Å². The zero-order valence-corrected chi connectivity index (χ0v) is 15.2. The molecule has 2 aromatic rings. The number of amides is 1. The van der Waals surface area contributed by atoms with E-state index in [9.17, 15) is 9.59 Å². The van der Waals surface area contributed by atoms with E-state index < -0.39 is 24.6 Å². The highest BCUT2D eigenvalue weighted by atomic mass is 35.5. The first-order valence-electron chi connectivity index (χ1n) is 7.50. The molecule has 0 radical (unpaired) electrons. The van der Waals surface area contributed by atoms with Crippen LogP contribution >= 0.6 is 23.2 Å². The monoisotopic (exact) mass is 381 g/mol. The standard InChI is InChI=1S/C18H17Cl2NO4/c1-11-5-3-6-13(9-11)25-12(2)18(23)24-10-16(22)21-15-8-4-7-14(19)17(15)20/h3-9,12H,10H2,1-2H3,(H,21,22)/t12-/m1/s1. The Morgan fingerprint density at radius 2 is 1.88 bits per heavy atom. The summed E-state index contributed by atoms with van der Waals surface area (Å²) in [4.78, 5) is 23.8. The van der Waals surface area contributed by atoms with Crippen molar-refractivity contribution < 1.29 is 19.1 Å². The summed E-state index contributed by atoms with van der Waals surface area (Å²) in [5, 5.41) is 3.07. The molecule has 0 spiro atoms. The van der Waals surface area contributed by atoms with Gasteiger partial charge in [-0.3, -0.25) is 4.79 Å². The van der Waals surface area contributed by atoms with Crippen molar-refractivity contribution in [1.82, 2.24) is 0 Å². The van der Waals surface area contributed by atoms with Crippen LogP contribution in [-0.4, -0.2) is 24.6 Å². The van der Waals surface area contributed by atoms with Crippen LogP contribution in [0.4, 0.5) is 5.69 Å². The number of esters is 1. The minimum atomic E-state index is -0.843. The normalized spacial score (nSPS) is 11.5. The number of halogens is 2. The van der Waals surface area contributed by atoms with Crippen molar-refractivity contribution in [2.75, 3.05) is 11.9 Å². The van der Waals surface area contributed by atoms with Crippen LogP contribution in [0, 0.1) is 6.92 Å². The number of carbonyl (C=O) groups is 2. The van der Waals surface area contributed by atoms with Crippen molar-refractivity contribution in [1.29, 1.82) is 0 Å². The van der Waals surface area contributed by atoms with Crippen molar-refractivity contribution in [3.8, 4) is 5.75 Å². The lowest BCUT2D eigenvalue weighted by molar-refractivity contribution is -0.153. The first-order chi connectivity index (χ1) is 11.9. The summed E-state index contributed by atoms with van der Waals surface area (Å²) in [6.07, 6.45) is -0.843. The highest BCUT2D eigenvalue weighted by Gasteiger charge is 2.18. The fraction of sp³-hybridized carbons (Fsp3) is 0.222. The molecule has 0 aromatic heterocycles. The highest BCUT2D eigenvalue weighted by Crippen LogP contribution is 2.29. The summed E-state index contributed by atoms with van der Waals surface area (Å²) in [6, 6.07) is 12.1. The smallest absolute Gasteiger partial charge is 0.347 e. The van der Waals surface area contributed by atoms with Gasteiger partial charge in [-0.15, -0.1) is 0 Å². The Hall–Kier alpha value is -2.24. The number of anilines is 1. The zero-order valence-electron chi connectivity index (χ0n) is 13.7. The van der Waals surface area contributed by atoms with E-state index >= 15 is 0 Å². The van der Waals surface area contributed by atoms with Crippen molar-refractivity contribution in [2.45, 2.75) is 20.0 Å². The Bertz CT molecular complexity index is 779. The number of rotatable bonds is 6. The fourth-order valence-corrected chi connectivity index (χ4v) is 2.33. The third kappa shape index (κ3) is 5.66. The molecule has 2 aromatic carbocycles. The largest absolute Gasteiger partial charge is 0.479 e. The maximum atomic E-state index is 11.9. The van der Waals surface area contributed by atoms with Crippen molar-refractivity contribution >= 4 is 40.8 Å². The second kappa shape index (κ2) is 8.74. The van der Waals surface area contributed by atoms with Gasteiger partial charge in [0.15, 0.2) is 12.7 Å². The van der Waals surface area contributed by atoms with Crippen molar-refractivity contribution in [3.63, 3.8) is 0 Å². The van der Waals surface area contributed by atoms with Crippen LogP contribution in [-0.2, 0) is 14.3 Å². The Kier molecular flexibility index (Phi) is 6.67. The number of aryl methyl sites for hydroxylation is 1. The van der Waals surface area contributed by atoms with Crippen LogP contribution in [0.25, 0.3) is 0 Å². The Morgan fingerprint density at radius 3 is 2.60 bits per heavy atom. The molecule has 1 N–H and O–H groups in total. The summed E-state index contributed by atoms with van der Waals surface area (Å²) in [5.74, 6) is -0.617.